The highest BCUT2D eigenvalue weighted by Gasteiger charge is 2.21. The number of nitrogens with zero attached hydrogens (tertiary/aromatic N) is 1. The van der Waals surface area contributed by atoms with E-state index < -0.39 is 17.4 Å². The van der Waals surface area contributed by atoms with Crippen molar-refractivity contribution in [2.75, 3.05) is 0 Å². The molecule has 1 aromatic heterocycles. The van der Waals surface area contributed by atoms with Gasteiger partial charge in [0.1, 0.15) is 11.4 Å². The second-order valence-corrected chi connectivity index (χ2v) is 4.84. The molecule has 1 aromatic rings. The minimum atomic E-state index is -0.591. The van der Waals surface area contributed by atoms with Gasteiger partial charge in [0.05, 0.1) is 10.7 Å². The smallest absolute Gasteiger partial charge is 0.358 e. The van der Waals surface area contributed by atoms with Crippen LogP contribution in [-0.2, 0) is 4.74 Å². The van der Waals surface area contributed by atoms with Crippen molar-refractivity contribution in [2.45, 2.75) is 26.4 Å². The summed E-state index contributed by atoms with van der Waals surface area (Å²) in [4.78, 5) is 15.2. The molecule has 0 aliphatic carbocycles. The molecule has 0 atom stereocenters. The van der Waals surface area contributed by atoms with Crippen LogP contribution < -0.4 is 0 Å². The van der Waals surface area contributed by atoms with Crippen LogP contribution >= 0.6 is 15.9 Å². The molecule has 0 saturated carbocycles. The molecule has 0 aromatic carbocycles. The highest BCUT2D eigenvalue weighted by molar-refractivity contribution is 9.10. The second kappa shape index (κ2) is 4.26. The van der Waals surface area contributed by atoms with E-state index >= 15 is 0 Å². The SMILES string of the molecule is CC(C)(C)OC(=O)c1ncc(F)cc1Br. The lowest BCUT2D eigenvalue weighted by atomic mass is 10.2. The average Bonchev–Trinajstić information content (AvgIpc) is 1.99. The second-order valence-electron chi connectivity index (χ2n) is 3.99. The number of aromatic nitrogens is 1. The molecule has 82 valence electrons. The molecule has 0 amide bonds. The first-order valence-corrected chi connectivity index (χ1v) is 5.13. The van der Waals surface area contributed by atoms with E-state index in [4.69, 9.17) is 4.74 Å². The molecule has 0 fully saturated rings. The third-order valence-electron chi connectivity index (χ3n) is 1.40. The maximum atomic E-state index is 12.7. The van der Waals surface area contributed by atoms with Gasteiger partial charge >= 0.3 is 5.97 Å². The Morgan fingerprint density at radius 2 is 2.13 bits per heavy atom. The summed E-state index contributed by atoms with van der Waals surface area (Å²) in [5.41, 5.74) is -0.515. The van der Waals surface area contributed by atoms with Gasteiger partial charge in [0, 0.05) is 0 Å². The van der Waals surface area contributed by atoms with E-state index in [1.165, 1.54) is 6.07 Å². The number of halogens is 2. The Hall–Kier alpha value is -0.970. The molecule has 0 unspecified atom stereocenters. The molecule has 0 N–H and O–H groups in total. The first kappa shape index (κ1) is 12.1. The van der Waals surface area contributed by atoms with Crippen molar-refractivity contribution in [3.8, 4) is 0 Å². The maximum Gasteiger partial charge on any atom is 0.358 e. The molecule has 0 bridgehead atoms. The fourth-order valence-corrected chi connectivity index (χ4v) is 1.37. The summed E-state index contributed by atoms with van der Waals surface area (Å²) in [5.74, 6) is -1.08. The molecule has 0 radical (unpaired) electrons. The molecule has 0 saturated heterocycles. The number of carbonyl (C=O) groups excluding carboxylic acids is 1. The molecule has 5 heteroatoms. The van der Waals surface area contributed by atoms with E-state index in [1.54, 1.807) is 20.8 Å². The molecule has 15 heavy (non-hydrogen) atoms. The lowest BCUT2D eigenvalue weighted by molar-refractivity contribution is 0.00616. The van der Waals surface area contributed by atoms with Crippen molar-refractivity contribution in [1.29, 1.82) is 0 Å². The first-order chi connectivity index (χ1) is 6.79. The summed E-state index contributed by atoms with van der Waals surface area (Å²) in [6.45, 7) is 5.26. The van der Waals surface area contributed by atoms with Gasteiger partial charge in [-0.2, -0.15) is 0 Å². The standard InChI is InChI=1S/C10H11BrFNO2/c1-10(2,3)15-9(14)8-7(11)4-6(12)5-13-8/h4-5H,1-3H3. The fourth-order valence-electron chi connectivity index (χ4n) is 0.891. The minimum absolute atomic E-state index is 0.0753. The highest BCUT2D eigenvalue weighted by Crippen LogP contribution is 2.18. The third kappa shape index (κ3) is 3.58. The molecule has 0 aliphatic heterocycles. The van der Waals surface area contributed by atoms with Gasteiger partial charge in [-0.3, -0.25) is 0 Å². The van der Waals surface area contributed by atoms with Gasteiger partial charge in [0.15, 0.2) is 5.69 Å². The Morgan fingerprint density at radius 1 is 1.53 bits per heavy atom. The van der Waals surface area contributed by atoms with Crippen molar-refractivity contribution in [3.63, 3.8) is 0 Å². The quantitative estimate of drug-likeness (QED) is 0.740. The number of pyridine rings is 1. The monoisotopic (exact) mass is 275 g/mol. The minimum Gasteiger partial charge on any atom is -0.455 e. The van der Waals surface area contributed by atoms with E-state index in [9.17, 15) is 9.18 Å². The van der Waals surface area contributed by atoms with Gasteiger partial charge in [-0.15, -0.1) is 0 Å². The molecule has 1 rings (SSSR count). The van der Waals surface area contributed by atoms with Crippen molar-refractivity contribution < 1.29 is 13.9 Å². The van der Waals surface area contributed by atoms with Gasteiger partial charge in [-0.1, -0.05) is 0 Å². The number of carbonyl (C=O) groups is 1. The Labute approximate surface area is 95.8 Å². The van der Waals surface area contributed by atoms with E-state index in [0.717, 1.165) is 6.20 Å². The van der Waals surface area contributed by atoms with Gasteiger partial charge in [-0.25, -0.2) is 14.2 Å². The predicted octanol–water partition coefficient (Wildman–Crippen LogP) is 2.94. The molecule has 3 nitrogen and oxygen atoms in total. The van der Waals surface area contributed by atoms with Crippen LogP contribution in [0.4, 0.5) is 4.39 Å². The summed E-state index contributed by atoms with van der Waals surface area (Å²) in [5, 5.41) is 0. The van der Waals surface area contributed by atoms with Crippen molar-refractivity contribution >= 4 is 21.9 Å². The lowest BCUT2D eigenvalue weighted by Crippen LogP contribution is -2.24. The van der Waals surface area contributed by atoms with Gasteiger partial charge in [-0.05, 0) is 42.8 Å². The molecule has 0 aliphatic rings. The number of esters is 1. The first-order valence-electron chi connectivity index (χ1n) is 4.34. The molecule has 0 spiro atoms. The van der Waals surface area contributed by atoms with E-state index in [2.05, 4.69) is 20.9 Å². The van der Waals surface area contributed by atoms with Crippen LogP contribution in [-0.4, -0.2) is 16.6 Å². The summed E-state index contributed by atoms with van der Waals surface area (Å²) in [7, 11) is 0. The Bertz CT molecular complexity index is 387. The zero-order chi connectivity index (χ0) is 11.6. The Morgan fingerprint density at radius 3 is 2.60 bits per heavy atom. The molecule has 1 heterocycles. The summed E-state index contributed by atoms with van der Waals surface area (Å²) < 4.78 is 18.1. The van der Waals surface area contributed by atoms with Gasteiger partial charge in [0.2, 0.25) is 0 Å². The predicted molar refractivity (Wildman–Crippen MR) is 57.1 cm³/mol. The van der Waals surface area contributed by atoms with Crippen LogP contribution in [0.1, 0.15) is 31.3 Å². The third-order valence-corrected chi connectivity index (χ3v) is 2.00. The number of rotatable bonds is 1. The van der Waals surface area contributed by atoms with Crippen LogP contribution in [0.2, 0.25) is 0 Å². The van der Waals surface area contributed by atoms with Crippen LogP contribution in [0.25, 0.3) is 0 Å². The topological polar surface area (TPSA) is 39.2 Å². The molecular formula is C10H11BrFNO2. The van der Waals surface area contributed by atoms with Crippen LogP contribution in [0.5, 0.6) is 0 Å². The Kier molecular flexibility index (Phi) is 3.44. The zero-order valence-electron chi connectivity index (χ0n) is 8.67. The normalized spacial score (nSPS) is 11.3. The zero-order valence-corrected chi connectivity index (χ0v) is 10.3. The van der Waals surface area contributed by atoms with E-state index in [0.29, 0.717) is 0 Å². The van der Waals surface area contributed by atoms with Crippen LogP contribution in [0.15, 0.2) is 16.7 Å². The maximum absolute atomic E-state index is 12.7. The number of hydrogen-bond donors (Lipinski definition) is 0. The summed E-state index contributed by atoms with van der Waals surface area (Å²) >= 11 is 3.05. The largest absolute Gasteiger partial charge is 0.455 e. The van der Waals surface area contributed by atoms with Gasteiger partial charge in [0.25, 0.3) is 0 Å². The number of hydrogen-bond acceptors (Lipinski definition) is 3. The molecular weight excluding hydrogens is 265 g/mol. The van der Waals surface area contributed by atoms with Crippen molar-refractivity contribution in [2.24, 2.45) is 0 Å². The van der Waals surface area contributed by atoms with E-state index in [1.807, 2.05) is 0 Å². The van der Waals surface area contributed by atoms with Crippen molar-refractivity contribution in [1.82, 2.24) is 4.98 Å². The highest BCUT2D eigenvalue weighted by atomic mass is 79.9. The summed E-state index contributed by atoms with van der Waals surface area (Å²) in [6, 6.07) is 1.17. The fraction of sp³-hybridized carbons (Fsp3) is 0.400. The summed E-state index contributed by atoms with van der Waals surface area (Å²) in [6.07, 6.45) is 0.976. The lowest BCUT2D eigenvalue weighted by Gasteiger charge is -2.19. The van der Waals surface area contributed by atoms with Gasteiger partial charge < -0.3 is 4.74 Å². The van der Waals surface area contributed by atoms with Crippen LogP contribution in [0.3, 0.4) is 0 Å². The Balaban J connectivity index is 2.92. The van der Waals surface area contributed by atoms with E-state index in [-0.39, 0.29) is 10.2 Å². The van der Waals surface area contributed by atoms with Crippen molar-refractivity contribution in [3.05, 3.63) is 28.2 Å². The average molecular weight is 276 g/mol. The number of ether oxygens (including phenoxy) is 1. The van der Waals surface area contributed by atoms with Crippen LogP contribution in [0, 0.1) is 5.82 Å².